The summed E-state index contributed by atoms with van der Waals surface area (Å²) >= 11 is 13.4. The fraction of sp³-hybridized carbons (Fsp3) is 0.308. The van der Waals surface area contributed by atoms with Gasteiger partial charge in [-0.1, -0.05) is 65.7 Å². The van der Waals surface area contributed by atoms with Crippen molar-refractivity contribution in [1.29, 1.82) is 0 Å². The summed E-state index contributed by atoms with van der Waals surface area (Å²) in [6, 6.07) is 20.1. The van der Waals surface area contributed by atoms with Crippen LogP contribution in [0.15, 0.2) is 66.7 Å². The van der Waals surface area contributed by atoms with Crippen LogP contribution in [0.5, 0.6) is 0 Å². The van der Waals surface area contributed by atoms with Crippen molar-refractivity contribution in [2.75, 3.05) is 0 Å². The van der Waals surface area contributed by atoms with Crippen LogP contribution in [0, 0.1) is 5.95 Å². The standard InChI is InChI=1S/C26H24Cl2FN3O/c27-20-8-3-1-6-18(20)24(19-7-2-4-9-21(19)28)32-16-12-13-17(32)15-26(14-16,25(30)33)22-10-5-11-23(29)31-22/h1-11,16-17,24H,12-15H2,(H2,30,33)/t16-,17+,26?. The molecule has 2 aliphatic heterocycles. The highest BCUT2D eigenvalue weighted by atomic mass is 35.5. The lowest BCUT2D eigenvalue weighted by molar-refractivity contribution is -0.127. The van der Waals surface area contributed by atoms with Gasteiger partial charge in [0.15, 0.2) is 0 Å². The Kier molecular flexibility index (Phi) is 5.89. The van der Waals surface area contributed by atoms with Crippen molar-refractivity contribution in [2.45, 2.75) is 49.2 Å². The summed E-state index contributed by atoms with van der Waals surface area (Å²) in [5.74, 6) is -1.06. The summed E-state index contributed by atoms with van der Waals surface area (Å²) in [6.45, 7) is 0. The number of nitrogens with two attached hydrogens (primary N) is 1. The van der Waals surface area contributed by atoms with Crippen molar-refractivity contribution in [3.05, 3.63) is 99.5 Å². The van der Waals surface area contributed by atoms with Gasteiger partial charge in [-0.3, -0.25) is 9.69 Å². The molecule has 1 amide bonds. The van der Waals surface area contributed by atoms with E-state index in [1.54, 1.807) is 12.1 Å². The minimum absolute atomic E-state index is 0.0406. The van der Waals surface area contributed by atoms with E-state index < -0.39 is 17.3 Å². The molecular formula is C26H24Cl2FN3O. The summed E-state index contributed by atoms with van der Waals surface area (Å²) in [5.41, 5.74) is 7.32. The van der Waals surface area contributed by atoms with Gasteiger partial charge < -0.3 is 5.73 Å². The highest BCUT2D eigenvalue weighted by molar-refractivity contribution is 6.32. The second kappa shape index (κ2) is 8.71. The number of halogens is 3. The third kappa shape index (κ3) is 3.82. The Hall–Kier alpha value is -2.47. The molecule has 1 unspecified atom stereocenters. The molecule has 0 radical (unpaired) electrons. The third-order valence-electron chi connectivity index (χ3n) is 7.22. The summed E-state index contributed by atoms with van der Waals surface area (Å²) in [4.78, 5) is 19.3. The minimum Gasteiger partial charge on any atom is -0.369 e. The predicted molar refractivity (Wildman–Crippen MR) is 128 cm³/mol. The highest BCUT2D eigenvalue weighted by Crippen LogP contribution is 2.52. The second-order valence-electron chi connectivity index (χ2n) is 8.98. The molecule has 2 saturated heterocycles. The van der Waals surface area contributed by atoms with Gasteiger partial charge in [0.2, 0.25) is 11.9 Å². The molecule has 0 spiro atoms. The first-order valence-corrected chi connectivity index (χ1v) is 11.9. The van der Waals surface area contributed by atoms with Gasteiger partial charge in [0.25, 0.3) is 0 Å². The lowest BCUT2D eigenvalue weighted by atomic mass is 9.70. The van der Waals surface area contributed by atoms with Crippen LogP contribution in [0.3, 0.4) is 0 Å². The summed E-state index contributed by atoms with van der Waals surface area (Å²) < 4.78 is 14.0. The number of aromatic nitrogens is 1. The molecule has 2 N–H and O–H groups in total. The maximum atomic E-state index is 14.0. The topological polar surface area (TPSA) is 59.2 Å². The molecule has 2 aliphatic rings. The van der Waals surface area contributed by atoms with Crippen LogP contribution in [0.1, 0.15) is 48.5 Å². The van der Waals surface area contributed by atoms with Crippen molar-refractivity contribution >= 4 is 29.1 Å². The first-order chi connectivity index (χ1) is 15.9. The Balaban J connectivity index is 1.60. The van der Waals surface area contributed by atoms with Crippen molar-refractivity contribution in [3.8, 4) is 0 Å². The minimum atomic E-state index is -1.00. The molecule has 3 atom stereocenters. The molecule has 2 aromatic carbocycles. The molecule has 170 valence electrons. The van der Waals surface area contributed by atoms with Crippen LogP contribution in [0.2, 0.25) is 10.0 Å². The van der Waals surface area contributed by atoms with Crippen molar-refractivity contribution in [1.82, 2.24) is 9.88 Å². The smallest absolute Gasteiger partial charge is 0.229 e. The molecule has 2 fully saturated rings. The molecule has 7 heteroatoms. The lowest BCUT2D eigenvalue weighted by Gasteiger charge is -2.48. The van der Waals surface area contributed by atoms with Crippen LogP contribution in [-0.4, -0.2) is 27.9 Å². The fourth-order valence-electron chi connectivity index (χ4n) is 5.80. The zero-order valence-electron chi connectivity index (χ0n) is 17.9. The molecule has 4 nitrogen and oxygen atoms in total. The largest absolute Gasteiger partial charge is 0.369 e. The second-order valence-corrected chi connectivity index (χ2v) is 9.79. The Labute approximate surface area is 202 Å². The number of carbonyl (C=O) groups excluding carboxylic acids is 1. The Morgan fingerprint density at radius 3 is 1.97 bits per heavy atom. The Morgan fingerprint density at radius 1 is 0.939 bits per heavy atom. The molecule has 2 bridgehead atoms. The molecule has 3 heterocycles. The van der Waals surface area contributed by atoms with Gasteiger partial charge in [-0.15, -0.1) is 0 Å². The van der Waals surface area contributed by atoms with Gasteiger partial charge in [0.05, 0.1) is 17.2 Å². The van der Waals surface area contributed by atoms with Crippen LogP contribution in [0.4, 0.5) is 4.39 Å². The van der Waals surface area contributed by atoms with E-state index in [1.165, 1.54) is 6.07 Å². The summed E-state index contributed by atoms with van der Waals surface area (Å²) in [6.07, 6.45) is 2.75. The third-order valence-corrected chi connectivity index (χ3v) is 7.91. The van der Waals surface area contributed by atoms with E-state index in [1.807, 2.05) is 48.5 Å². The predicted octanol–water partition coefficient (Wildman–Crippen LogP) is 5.67. The van der Waals surface area contributed by atoms with Crippen LogP contribution in [-0.2, 0) is 10.2 Å². The SMILES string of the molecule is NC(=O)C1(c2cccc(F)n2)C[C@H]2CC[C@@H](C1)N2C(c1ccccc1Cl)c1ccccc1Cl. The van der Waals surface area contributed by atoms with Gasteiger partial charge in [-0.05, 0) is 61.1 Å². The number of pyridine rings is 1. The summed E-state index contributed by atoms with van der Waals surface area (Å²) in [5, 5.41) is 1.33. The zero-order valence-corrected chi connectivity index (χ0v) is 19.4. The van der Waals surface area contributed by atoms with E-state index in [0.29, 0.717) is 28.6 Å². The van der Waals surface area contributed by atoms with Crippen LogP contribution >= 0.6 is 23.2 Å². The maximum absolute atomic E-state index is 14.0. The van der Waals surface area contributed by atoms with Crippen molar-refractivity contribution in [3.63, 3.8) is 0 Å². The molecular weight excluding hydrogens is 460 g/mol. The van der Waals surface area contributed by atoms with E-state index in [2.05, 4.69) is 9.88 Å². The number of piperidine rings is 1. The summed E-state index contributed by atoms with van der Waals surface area (Å²) in [7, 11) is 0. The number of hydrogen-bond acceptors (Lipinski definition) is 3. The van der Waals surface area contributed by atoms with Gasteiger partial charge in [0.1, 0.15) is 0 Å². The Bertz CT molecular complexity index is 1140. The Morgan fingerprint density at radius 2 is 1.48 bits per heavy atom. The van der Waals surface area contributed by atoms with Crippen LogP contribution in [0.25, 0.3) is 0 Å². The van der Waals surface area contributed by atoms with E-state index in [0.717, 1.165) is 24.0 Å². The maximum Gasteiger partial charge on any atom is 0.229 e. The van der Waals surface area contributed by atoms with E-state index >= 15 is 0 Å². The number of carbonyl (C=O) groups is 1. The highest BCUT2D eigenvalue weighted by Gasteiger charge is 2.55. The molecule has 33 heavy (non-hydrogen) atoms. The van der Waals surface area contributed by atoms with E-state index in [-0.39, 0.29) is 18.1 Å². The molecule has 3 aromatic rings. The number of nitrogens with zero attached hydrogens (tertiary/aromatic N) is 2. The first kappa shape index (κ1) is 22.3. The van der Waals surface area contributed by atoms with Crippen LogP contribution < -0.4 is 5.73 Å². The number of amides is 1. The average molecular weight is 484 g/mol. The molecule has 5 rings (SSSR count). The molecule has 0 saturated carbocycles. The molecule has 1 aromatic heterocycles. The van der Waals surface area contributed by atoms with Crippen molar-refractivity contribution in [2.24, 2.45) is 5.73 Å². The zero-order chi connectivity index (χ0) is 23.2. The average Bonchev–Trinajstić information content (AvgIpc) is 3.05. The van der Waals surface area contributed by atoms with E-state index in [9.17, 15) is 9.18 Å². The number of hydrogen-bond donors (Lipinski definition) is 1. The van der Waals surface area contributed by atoms with Gasteiger partial charge >= 0.3 is 0 Å². The number of primary amides is 1. The first-order valence-electron chi connectivity index (χ1n) is 11.1. The number of benzene rings is 2. The number of rotatable bonds is 5. The normalized spacial score (nSPS) is 24.8. The van der Waals surface area contributed by atoms with Gasteiger partial charge in [-0.2, -0.15) is 4.39 Å². The lowest BCUT2D eigenvalue weighted by Crippen LogP contribution is -2.56. The van der Waals surface area contributed by atoms with Gasteiger partial charge in [-0.25, -0.2) is 4.98 Å². The number of fused-ring (bicyclic) bond motifs is 2. The van der Waals surface area contributed by atoms with Crippen molar-refractivity contribution < 1.29 is 9.18 Å². The van der Waals surface area contributed by atoms with Gasteiger partial charge in [0, 0.05) is 22.1 Å². The quantitative estimate of drug-likeness (QED) is 0.475. The fourth-order valence-corrected chi connectivity index (χ4v) is 6.28. The van der Waals surface area contributed by atoms with E-state index in [4.69, 9.17) is 28.9 Å². The monoisotopic (exact) mass is 483 g/mol. The molecule has 0 aliphatic carbocycles.